The van der Waals surface area contributed by atoms with E-state index in [0.29, 0.717) is 24.1 Å². The largest absolute Gasteiger partial charge is 0.508 e. The van der Waals surface area contributed by atoms with E-state index in [9.17, 15) is 24.6 Å². The van der Waals surface area contributed by atoms with Gasteiger partial charge in [0.15, 0.2) is 0 Å². The van der Waals surface area contributed by atoms with Gasteiger partial charge in [0, 0.05) is 18.5 Å². The molecule has 2 aromatic carbocycles. The third-order valence-corrected chi connectivity index (χ3v) is 6.64. The van der Waals surface area contributed by atoms with Crippen LogP contribution in [0.2, 0.25) is 0 Å². The molecule has 3 amide bonds. The lowest BCUT2D eigenvalue weighted by atomic mass is 9.91. The molecule has 0 saturated carbocycles. The van der Waals surface area contributed by atoms with Gasteiger partial charge in [-0.15, -0.1) is 0 Å². The van der Waals surface area contributed by atoms with Crippen molar-refractivity contribution in [2.45, 2.75) is 97.4 Å². The number of ether oxygens (including phenoxy) is 1. The van der Waals surface area contributed by atoms with Gasteiger partial charge in [-0.2, -0.15) is 0 Å². The Bertz CT molecular complexity index is 1140. The molecule has 9 nitrogen and oxygen atoms in total. The highest BCUT2D eigenvalue weighted by Gasteiger charge is 2.43. The highest BCUT2D eigenvalue weighted by Crippen LogP contribution is 2.33. The lowest BCUT2D eigenvalue weighted by Crippen LogP contribution is -2.59. The summed E-state index contributed by atoms with van der Waals surface area (Å²) in [6, 6.07) is 10.5. The van der Waals surface area contributed by atoms with E-state index in [-0.39, 0.29) is 23.8 Å². The molecule has 2 rings (SSSR count). The number of nitrogens with zero attached hydrogens (tertiary/aromatic N) is 1. The van der Waals surface area contributed by atoms with Crippen molar-refractivity contribution < 1.29 is 29.3 Å². The Labute approximate surface area is 237 Å². The Hall–Kier alpha value is -3.75. The molecule has 0 heterocycles. The average Bonchev–Trinajstić information content (AvgIpc) is 2.86. The highest BCUT2D eigenvalue weighted by molar-refractivity contribution is 5.93. The van der Waals surface area contributed by atoms with E-state index in [1.54, 1.807) is 45.0 Å². The number of rotatable bonds is 12. The summed E-state index contributed by atoms with van der Waals surface area (Å²) in [4.78, 5) is 42.7. The SMILES string of the molecule is CCCCNC(=O)C(c1cccc(O)c1)N(C(=O)C(Cc1ccc(O)cc1)NC(=O)OC(C)(C)C)C(C)(C)CC. The van der Waals surface area contributed by atoms with Crippen molar-refractivity contribution >= 4 is 17.9 Å². The lowest BCUT2D eigenvalue weighted by molar-refractivity contribution is -0.149. The summed E-state index contributed by atoms with van der Waals surface area (Å²) in [5.41, 5.74) is -0.465. The van der Waals surface area contributed by atoms with Gasteiger partial charge < -0.3 is 30.5 Å². The van der Waals surface area contributed by atoms with Gasteiger partial charge in [0.25, 0.3) is 0 Å². The van der Waals surface area contributed by atoms with Crippen molar-refractivity contribution in [1.82, 2.24) is 15.5 Å². The average molecular weight is 556 g/mol. The number of carbonyl (C=O) groups excluding carboxylic acids is 3. The molecule has 40 heavy (non-hydrogen) atoms. The summed E-state index contributed by atoms with van der Waals surface area (Å²) in [6.45, 7) is 13.3. The summed E-state index contributed by atoms with van der Waals surface area (Å²) in [6.07, 6.45) is 1.50. The van der Waals surface area contributed by atoms with Crippen molar-refractivity contribution in [3.05, 3.63) is 59.7 Å². The fourth-order valence-electron chi connectivity index (χ4n) is 4.23. The molecule has 0 aliphatic carbocycles. The Morgan fingerprint density at radius 1 is 0.950 bits per heavy atom. The summed E-state index contributed by atoms with van der Waals surface area (Å²) in [7, 11) is 0. The van der Waals surface area contributed by atoms with Crippen molar-refractivity contribution in [1.29, 1.82) is 0 Å². The van der Waals surface area contributed by atoms with Crippen molar-refractivity contribution in [2.24, 2.45) is 0 Å². The van der Waals surface area contributed by atoms with Gasteiger partial charge in [0.1, 0.15) is 29.2 Å². The van der Waals surface area contributed by atoms with E-state index in [4.69, 9.17) is 4.74 Å². The number of phenols is 2. The Kier molecular flexibility index (Phi) is 11.4. The zero-order valence-electron chi connectivity index (χ0n) is 24.8. The van der Waals surface area contributed by atoms with Crippen LogP contribution in [0.5, 0.6) is 11.5 Å². The maximum atomic E-state index is 14.5. The first kappa shape index (κ1) is 32.5. The number of aromatic hydroxyl groups is 2. The van der Waals surface area contributed by atoms with E-state index in [2.05, 4.69) is 10.6 Å². The zero-order valence-corrected chi connectivity index (χ0v) is 24.8. The lowest BCUT2D eigenvalue weighted by Gasteiger charge is -2.44. The fourth-order valence-corrected chi connectivity index (χ4v) is 4.23. The molecule has 0 aliphatic heterocycles. The molecule has 0 saturated heterocycles. The standard InChI is InChI=1S/C31H45N3O6/c1-8-10-18-32-27(37)26(22-12-11-13-24(36)20-22)34(31(6,7)9-2)28(38)25(33-29(39)40-30(3,4)5)19-21-14-16-23(35)17-15-21/h11-17,20,25-26,35-36H,8-10,18-19H2,1-7H3,(H,32,37)(H,33,39). The maximum Gasteiger partial charge on any atom is 0.408 e. The zero-order chi connectivity index (χ0) is 30.1. The molecule has 220 valence electrons. The van der Waals surface area contributed by atoms with Gasteiger partial charge in [-0.25, -0.2) is 4.79 Å². The Morgan fingerprint density at radius 3 is 2.15 bits per heavy atom. The number of alkyl carbamates (subject to hydrolysis) is 1. The van der Waals surface area contributed by atoms with Crippen molar-refractivity contribution in [2.75, 3.05) is 6.54 Å². The van der Waals surface area contributed by atoms with E-state index < -0.39 is 35.2 Å². The second-order valence-electron chi connectivity index (χ2n) is 11.6. The number of unbranched alkanes of at least 4 members (excludes halogenated alkanes) is 1. The van der Waals surface area contributed by atoms with Gasteiger partial charge in [-0.3, -0.25) is 9.59 Å². The molecule has 9 heteroatoms. The topological polar surface area (TPSA) is 128 Å². The van der Waals surface area contributed by atoms with Crippen LogP contribution in [0, 0.1) is 0 Å². The molecule has 0 aliphatic rings. The second-order valence-corrected chi connectivity index (χ2v) is 11.6. The molecule has 0 radical (unpaired) electrons. The molecule has 0 fully saturated rings. The minimum absolute atomic E-state index is 0.0296. The number of carbonyl (C=O) groups is 3. The number of amides is 3. The van der Waals surface area contributed by atoms with Crippen LogP contribution in [0.25, 0.3) is 0 Å². The number of nitrogens with one attached hydrogen (secondary N) is 2. The Balaban J connectivity index is 2.63. The number of phenolic OH excluding ortho intramolecular Hbond substituents is 2. The first-order valence-corrected chi connectivity index (χ1v) is 13.9. The van der Waals surface area contributed by atoms with E-state index in [1.807, 2.05) is 27.7 Å². The van der Waals surface area contributed by atoms with Crippen LogP contribution in [0.4, 0.5) is 4.79 Å². The number of benzene rings is 2. The van der Waals surface area contributed by atoms with Crippen LogP contribution in [-0.2, 0) is 20.7 Å². The smallest absolute Gasteiger partial charge is 0.408 e. The molecular formula is C31H45N3O6. The van der Waals surface area contributed by atoms with Gasteiger partial charge in [0.05, 0.1) is 0 Å². The predicted molar refractivity (Wildman–Crippen MR) is 155 cm³/mol. The predicted octanol–water partition coefficient (Wildman–Crippen LogP) is 5.21. The molecule has 0 aromatic heterocycles. The monoisotopic (exact) mass is 555 g/mol. The van der Waals surface area contributed by atoms with Crippen LogP contribution < -0.4 is 10.6 Å². The van der Waals surface area contributed by atoms with Gasteiger partial charge in [-0.05, 0) is 82.9 Å². The first-order valence-electron chi connectivity index (χ1n) is 13.9. The fraction of sp³-hybridized carbons (Fsp3) is 0.516. The van der Waals surface area contributed by atoms with Crippen LogP contribution in [0.1, 0.15) is 84.9 Å². The normalized spacial score (nSPS) is 13.2. The van der Waals surface area contributed by atoms with Crippen LogP contribution in [0.15, 0.2) is 48.5 Å². The minimum Gasteiger partial charge on any atom is -0.508 e. The number of hydrogen-bond acceptors (Lipinski definition) is 6. The van der Waals surface area contributed by atoms with E-state index in [0.717, 1.165) is 12.8 Å². The maximum absolute atomic E-state index is 14.5. The quantitative estimate of drug-likeness (QED) is 0.266. The Morgan fingerprint density at radius 2 is 1.60 bits per heavy atom. The van der Waals surface area contributed by atoms with E-state index in [1.165, 1.54) is 29.2 Å². The molecular weight excluding hydrogens is 510 g/mol. The van der Waals surface area contributed by atoms with Gasteiger partial charge in [0.2, 0.25) is 11.8 Å². The summed E-state index contributed by atoms with van der Waals surface area (Å²) in [5.74, 6) is -0.814. The molecule has 2 unspecified atom stereocenters. The second kappa shape index (κ2) is 14.1. The summed E-state index contributed by atoms with van der Waals surface area (Å²) >= 11 is 0. The minimum atomic E-state index is -1.09. The summed E-state index contributed by atoms with van der Waals surface area (Å²) in [5, 5.41) is 25.7. The third kappa shape index (κ3) is 9.47. The van der Waals surface area contributed by atoms with E-state index >= 15 is 0 Å². The molecule has 0 spiro atoms. The number of hydrogen-bond donors (Lipinski definition) is 4. The molecule has 2 aromatic rings. The van der Waals surface area contributed by atoms with Crippen molar-refractivity contribution in [3.8, 4) is 11.5 Å². The van der Waals surface area contributed by atoms with Crippen molar-refractivity contribution in [3.63, 3.8) is 0 Å². The third-order valence-electron chi connectivity index (χ3n) is 6.64. The van der Waals surface area contributed by atoms with Gasteiger partial charge >= 0.3 is 6.09 Å². The molecule has 2 atom stereocenters. The van der Waals surface area contributed by atoms with Crippen LogP contribution >= 0.6 is 0 Å². The van der Waals surface area contributed by atoms with Crippen LogP contribution in [-0.4, -0.2) is 56.7 Å². The summed E-state index contributed by atoms with van der Waals surface area (Å²) < 4.78 is 5.47. The molecule has 4 N–H and O–H groups in total. The highest BCUT2D eigenvalue weighted by atomic mass is 16.6. The van der Waals surface area contributed by atoms with Crippen LogP contribution in [0.3, 0.4) is 0 Å². The first-order chi connectivity index (χ1) is 18.7. The molecule has 0 bridgehead atoms. The van der Waals surface area contributed by atoms with Gasteiger partial charge in [-0.1, -0.05) is 44.5 Å².